The predicted molar refractivity (Wildman–Crippen MR) is 107 cm³/mol. The number of aliphatic hydroxyl groups excluding tert-OH is 1. The van der Waals surface area contributed by atoms with Crippen LogP contribution in [-0.4, -0.2) is 47.8 Å². The van der Waals surface area contributed by atoms with Gasteiger partial charge in [-0.15, -0.1) is 0 Å². The number of para-hydroxylation sites is 2. The molecular weight excluding hydrogens is 356 g/mol. The van der Waals surface area contributed by atoms with Crippen molar-refractivity contribution < 1.29 is 14.6 Å². The Morgan fingerprint density at radius 1 is 1.18 bits per heavy atom. The molecule has 7 nitrogen and oxygen atoms in total. The second-order valence-corrected chi connectivity index (χ2v) is 6.40. The molecular formula is C21H22N4O3. The van der Waals surface area contributed by atoms with Crippen LogP contribution in [0.3, 0.4) is 0 Å². The SMILES string of the molecule is COc1ccc(CN(C)C/C(O)=C(\C#N)c2nc3ccccc3[nH]2)cc1OC. The van der Waals surface area contributed by atoms with Crippen LogP contribution in [0.4, 0.5) is 0 Å². The Kier molecular flexibility index (Phi) is 5.82. The van der Waals surface area contributed by atoms with Gasteiger partial charge in [0, 0.05) is 6.54 Å². The monoisotopic (exact) mass is 378 g/mol. The van der Waals surface area contributed by atoms with Crippen molar-refractivity contribution in [2.75, 3.05) is 27.8 Å². The lowest BCUT2D eigenvalue weighted by molar-refractivity contribution is 0.285. The van der Waals surface area contributed by atoms with E-state index in [0.29, 0.717) is 23.9 Å². The van der Waals surface area contributed by atoms with Gasteiger partial charge < -0.3 is 19.6 Å². The lowest BCUT2D eigenvalue weighted by Gasteiger charge is -2.17. The summed E-state index contributed by atoms with van der Waals surface area (Å²) in [6.45, 7) is 0.761. The van der Waals surface area contributed by atoms with Crippen molar-refractivity contribution in [1.29, 1.82) is 5.26 Å². The fourth-order valence-electron chi connectivity index (χ4n) is 3.01. The number of rotatable bonds is 7. The zero-order chi connectivity index (χ0) is 20.1. The van der Waals surface area contributed by atoms with Crippen molar-refractivity contribution in [3.63, 3.8) is 0 Å². The van der Waals surface area contributed by atoms with Crippen molar-refractivity contribution >= 4 is 16.6 Å². The Hall–Kier alpha value is -3.50. The quantitative estimate of drug-likeness (QED) is 0.483. The summed E-state index contributed by atoms with van der Waals surface area (Å²) < 4.78 is 10.6. The van der Waals surface area contributed by atoms with Crippen LogP contribution in [0.15, 0.2) is 48.2 Å². The number of aromatic nitrogens is 2. The second-order valence-electron chi connectivity index (χ2n) is 6.40. The summed E-state index contributed by atoms with van der Waals surface area (Å²) in [6, 6.07) is 15.2. The van der Waals surface area contributed by atoms with E-state index in [1.165, 1.54) is 0 Å². The van der Waals surface area contributed by atoms with E-state index in [-0.39, 0.29) is 17.9 Å². The molecule has 0 aliphatic carbocycles. The summed E-state index contributed by atoms with van der Waals surface area (Å²) in [7, 11) is 5.04. The van der Waals surface area contributed by atoms with Crippen LogP contribution in [0.25, 0.3) is 16.6 Å². The second kappa shape index (κ2) is 8.46. The standard InChI is InChI=1S/C21H22N4O3/c1-25(12-14-8-9-19(27-2)20(10-14)28-3)13-18(26)15(11-22)21-23-16-6-4-5-7-17(16)24-21/h4-10,26H,12-13H2,1-3H3,(H,23,24)/b18-15-. The van der Waals surface area contributed by atoms with Crippen LogP contribution < -0.4 is 9.47 Å². The van der Waals surface area contributed by atoms with Gasteiger partial charge in [-0.25, -0.2) is 4.98 Å². The minimum atomic E-state index is -0.0375. The number of nitrogens with zero attached hydrogens (tertiary/aromatic N) is 3. The van der Waals surface area contributed by atoms with Crippen LogP contribution in [0.2, 0.25) is 0 Å². The van der Waals surface area contributed by atoms with E-state index < -0.39 is 0 Å². The van der Waals surface area contributed by atoms with Gasteiger partial charge in [0.15, 0.2) is 17.3 Å². The molecule has 0 atom stereocenters. The molecule has 1 heterocycles. The van der Waals surface area contributed by atoms with Crippen LogP contribution >= 0.6 is 0 Å². The lowest BCUT2D eigenvalue weighted by Crippen LogP contribution is -2.21. The van der Waals surface area contributed by atoms with E-state index in [0.717, 1.165) is 16.6 Å². The Morgan fingerprint density at radius 2 is 1.93 bits per heavy atom. The molecule has 0 saturated carbocycles. The average Bonchev–Trinajstić information content (AvgIpc) is 3.11. The normalized spacial score (nSPS) is 12.0. The first-order valence-electron chi connectivity index (χ1n) is 8.72. The number of allylic oxidation sites excluding steroid dienone is 1. The number of hydrogen-bond donors (Lipinski definition) is 2. The van der Waals surface area contributed by atoms with Gasteiger partial charge in [-0.3, -0.25) is 4.90 Å². The third-order valence-electron chi connectivity index (χ3n) is 4.35. The Balaban J connectivity index is 1.78. The van der Waals surface area contributed by atoms with Crippen LogP contribution in [0, 0.1) is 11.3 Å². The van der Waals surface area contributed by atoms with Crippen LogP contribution in [0.5, 0.6) is 11.5 Å². The van der Waals surface area contributed by atoms with Crippen molar-refractivity contribution in [2.24, 2.45) is 0 Å². The third-order valence-corrected chi connectivity index (χ3v) is 4.35. The third kappa shape index (κ3) is 4.08. The smallest absolute Gasteiger partial charge is 0.161 e. The van der Waals surface area contributed by atoms with Gasteiger partial charge in [0.25, 0.3) is 0 Å². The van der Waals surface area contributed by atoms with E-state index in [1.807, 2.05) is 54.4 Å². The highest BCUT2D eigenvalue weighted by atomic mass is 16.5. The first kappa shape index (κ1) is 19.3. The summed E-state index contributed by atoms with van der Waals surface area (Å²) in [5, 5.41) is 20.1. The maximum Gasteiger partial charge on any atom is 0.161 e. The molecule has 2 aromatic carbocycles. The highest BCUT2D eigenvalue weighted by Gasteiger charge is 2.15. The Bertz CT molecular complexity index is 1020. The maximum atomic E-state index is 10.5. The number of nitrogens with one attached hydrogen (secondary N) is 1. The number of imidazole rings is 1. The number of hydrogen-bond acceptors (Lipinski definition) is 6. The fourth-order valence-corrected chi connectivity index (χ4v) is 3.01. The Labute approximate surface area is 163 Å². The number of methoxy groups -OCH3 is 2. The fraction of sp³-hybridized carbons (Fsp3) is 0.238. The van der Waals surface area contributed by atoms with Gasteiger partial charge in [-0.1, -0.05) is 18.2 Å². The number of benzene rings is 2. The highest BCUT2D eigenvalue weighted by Crippen LogP contribution is 2.28. The van der Waals surface area contributed by atoms with E-state index in [1.54, 1.807) is 14.2 Å². The lowest BCUT2D eigenvalue weighted by atomic mass is 10.1. The van der Waals surface area contributed by atoms with Crippen molar-refractivity contribution in [2.45, 2.75) is 6.54 Å². The Morgan fingerprint density at radius 3 is 2.61 bits per heavy atom. The zero-order valence-corrected chi connectivity index (χ0v) is 16.1. The van der Waals surface area contributed by atoms with Crippen molar-refractivity contribution in [1.82, 2.24) is 14.9 Å². The highest BCUT2D eigenvalue weighted by molar-refractivity contribution is 5.82. The molecule has 3 aromatic rings. The number of ether oxygens (including phenoxy) is 2. The van der Waals surface area contributed by atoms with Crippen molar-refractivity contribution in [3.05, 3.63) is 59.6 Å². The molecule has 1 aromatic heterocycles. The van der Waals surface area contributed by atoms with Gasteiger partial charge in [0.2, 0.25) is 0 Å². The summed E-state index contributed by atoms with van der Waals surface area (Å²) in [6.07, 6.45) is 0. The molecule has 0 bridgehead atoms. The summed E-state index contributed by atoms with van der Waals surface area (Å²) in [4.78, 5) is 9.37. The van der Waals surface area contributed by atoms with E-state index in [9.17, 15) is 10.4 Å². The molecule has 0 spiro atoms. The first-order valence-corrected chi connectivity index (χ1v) is 8.72. The molecule has 0 aliphatic heterocycles. The molecule has 0 aliphatic rings. The number of likely N-dealkylation sites (N-methyl/N-ethyl adjacent to an activating group) is 1. The predicted octanol–water partition coefficient (Wildman–Crippen LogP) is 3.50. The molecule has 3 rings (SSSR count). The molecule has 7 heteroatoms. The summed E-state index contributed by atoms with van der Waals surface area (Å²) >= 11 is 0. The summed E-state index contributed by atoms with van der Waals surface area (Å²) in [5.41, 5.74) is 2.69. The molecule has 2 N–H and O–H groups in total. The van der Waals surface area contributed by atoms with Crippen LogP contribution in [0.1, 0.15) is 11.4 Å². The molecule has 144 valence electrons. The number of aliphatic hydroxyl groups is 1. The zero-order valence-electron chi connectivity index (χ0n) is 16.1. The van der Waals surface area contributed by atoms with Crippen molar-refractivity contribution in [3.8, 4) is 17.6 Å². The molecule has 0 amide bonds. The molecule has 0 saturated heterocycles. The first-order chi connectivity index (χ1) is 13.5. The number of aromatic amines is 1. The van der Waals surface area contributed by atoms with Gasteiger partial charge in [-0.05, 0) is 36.9 Å². The van der Waals surface area contributed by atoms with Gasteiger partial charge in [0.05, 0.1) is 31.8 Å². The van der Waals surface area contributed by atoms with E-state index in [4.69, 9.17) is 9.47 Å². The topological polar surface area (TPSA) is 94.4 Å². The minimum absolute atomic E-state index is 0.0375. The average molecular weight is 378 g/mol. The molecule has 0 fully saturated rings. The molecule has 0 radical (unpaired) electrons. The number of H-pyrrole nitrogens is 1. The van der Waals surface area contributed by atoms with E-state index in [2.05, 4.69) is 16.0 Å². The van der Waals surface area contributed by atoms with Gasteiger partial charge in [0.1, 0.15) is 17.4 Å². The molecule has 28 heavy (non-hydrogen) atoms. The van der Waals surface area contributed by atoms with Gasteiger partial charge in [-0.2, -0.15) is 5.26 Å². The van der Waals surface area contributed by atoms with E-state index >= 15 is 0 Å². The maximum absolute atomic E-state index is 10.5. The van der Waals surface area contributed by atoms with Crippen LogP contribution in [-0.2, 0) is 6.54 Å². The largest absolute Gasteiger partial charge is 0.509 e. The molecule has 0 unspecified atom stereocenters. The van der Waals surface area contributed by atoms with Gasteiger partial charge >= 0.3 is 0 Å². The number of fused-ring (bicyclic) bond motifs is 1. The minimum Gasteiger partial charge on any atom is -0.509 e. The summed E-state index contributed by atoms with van der Waals surface area (Å²) in [5.74, 6) is 1.63. The number of nitriles is 1.